The number of amides is 2. The number of anilines is 1. The minimum Gasteiger partial charge on any atom is -0.414 e. The van der Waals surface area contributed by atoms with Gasteiger partial charge in [-0.2, -0.15) is 0 Å². The molecule has 1 atom stereocenters. The third kappa shape index (κ3) is 4.69. The summed E-state index contributed by atoms with van der Waals surface area (Å²) < 4.78 is 5.53. The van der Waals surface area contributed by atoms with E-state index in [1.54, 1.807) is 30.0 Å². The highest BCUT2D eigenvalue weighted by molar-refractivity contribution is 8.00. The van der Waals surface area contributed by atoms with E-state index < -0.39 is 5.25 Å². The van der Waals surface area contributed by atoms with E-state index in [2.05, 4.69) is 15.5 Å². The van der Waals surface area contributed by atoms with Crippen LogP contribution in [0.4, 0.5) is 5.69 Å². The van der Waals surface area contributed by atoms with Crippen molar-refractivity contribution >= 4 is 52.5 Å². The van der Waals surface area contributed by atoms with Gasteiger partial charge in [-0.05, 0) is 31.5 Å². The smallest absolute Gasteiger partial charge is 0.277 e. The molecule has 0 bridgehead atoms. The maximum absolute atomic E-state index is 12.3. The molecule has 2 amide bonds. The van der Waals surface area contributed by atoms with Gasteiger partial charge in [-0.1, -0.05) is 35.0 Å². The van der Waals surface area contributed by atoms with E-state index in [-0.39, 0.29) is 17.0 Å². The van der Waals surface area contributed by atoms with Crippen molar-refractivity contribution in [3.8, 4) is 0 Å². The molecule has 26 heavy (non-hydrogen) atoms. The van der Waals surface area contributed by atoms with Crippen LogP contribution in [0.15, 0.2) is 27.8 Å². The van der Waals surface area contributed by atoms with Crippen LogP contribution < -0.4 is 5.32 Å². The predicted octanol–water partition coefficient (Wildman–Crippen LogP) is 3.62. The quantitative estimate of drug-likeness (QED) is 0.726. The van der Waals surface area contributed by atoms with Crippen LogP contribution in [-0.2, 0) is 16.1 Å². The van der Waals surface area contributed by atoms with Crippen LogP contribution in [0.1, 0.15) is 25.7 Å². The van der Waals surface area contributed by atoms with Gasteiger partial charge in [0.15, 0.2) is 0 Å². The van der Waals surface area contributed by atoms with Crippen LogP contribution in [0.3, 0.4) is 0 Å². The Morgan fingerprint density at radius 2 is 2.23 bits per heavy atom. The van der Waals surface area contributed by atoms with Gasteiger partial charge in [0.05, 0.1) is 22.5 Å². The van der Waals surface area contributed by atoms with Gasteiger partial charge in [0.25, 0.3) is 5.22 Å². The summed E-state index contributed by atoms with van der Waals surface area (Å²) in [5.41, 5.74) is 0.440. The summed E-state index contributed by atoms with van der Waals surface area (Å²) in [7, 11) is 0. The standard InChI is InChI=1S/C16H16Cl2N4O3S/c1-9(15(24)19-12-7-10(17)4-5-11(12)18)26-16-21-20-13(25-16)8-22-6-2-3-14(22)23/h4-5,7,9H,2-3,6,8H2,1H3,(H,19,24). The van der Waals surface area contributed by atoms with E-state index in [4.69, 9.17) is 27.6 Å². The molecule has 2 heterocycles. The Balaban J connectivity index is 1.57. The summed E-state index contributed by atoms with van der Waals surface area (Å²) in [6.07, 6.45) is 1.40. The van der Waals surface area contributed by atoms with Crippen molar-refractivity contribution in [1.82, 2.24) is 15.1 Å². The monoisotopic (exact) mass is 414 g/mol. The third-order valence-electron chi connectivity index (χ3n) is 3.78. The first-order valence-corrected chi connectivity index (χ1v) is 9.58. The van der Waals surface area contributed by atoms with Gasteiger partial charge in [0.1, 0.15) is 0 Å². The topological polar surface area (TPSA) is 88.3 Å². The lowest BCUT2D eigenvalue weighted by atomic mass is 10.3. The van der Waals surface area contributed by atoms with Crippen molar-refractivity contribution in [1.29, 1.82) is 0 Å². The van der Waals surface area contributed by atoms with E-state index in [1.807, 2.05) is 0 Å². The molecule has 1 saturated heterocycles. The first-order valence-electron chi connectivity index (χ1n) is 7.95. The average molecular weight is 415 g/mol. The van der Waals surface area contributed by atoms with Crippen LogP contribution in [0.25, 0.3) is 0 Å². The maximum atomic E-state index is 12.3. The molecule has 1 aliphatic heterocycles. The second kappa shape index (κ2) is 8.28. The fraction of sp³-hybridized carbons (Fsp3) is 0.375. The Kier molecular flexibility index (Phi) is 6.05. The van der Waals surface area contributed by atoms with Crippen LogP contribution in [0.2, 0.25) is 10.0 Å². The van der Waals surface area contributed by atoms with Gasteiger partial charge in [-0.25, -0.2) is 0 Å². The SMILES string of the molecule is CC(Sc1nnc(CN2CCCC2=O)o1)C(=O)Nc1cc(Cl)ccc1Cl. The van der Waals surface area contributed by atoms with Crippen molar-refractivity contribution in [2.45, 2.75) is 36.8 Å². The molecule has 1 N–H and O–H groups in total. The molecule has 0 saturated carbocycles. The van der Waals surface area contributed by atoms with Crippen molar-refractivity contribution in [3.05, 3.63) is 34.1 Å². The number of nitrogens with zero attached hydrogens (tertiary/aromatic N) is 3. The van der Waals surface area contributed by atoms with Crippen molar-refractivity contribution in [2.24, 2.45) is 0 Å². The molecule has 1 aromatic carbocycles. The number of carbonyl (C=O) groups is 2. The number of hydrogen-bond acceptors (Lipinski definition) is 6. The van der Waals surface area contributed by atoms with Crippen LogP contribution >= 0.6 is 35.0 Å². The number of carbonyl (C=O) groups excluding carboxylic acids is 2. The summed E-state index contributed by atoms with van der Waals surface area (Å²) in [5.74, 6) is 0.172. The fourth-order valence-corrected chi connectivity index (χ4v) is 3.45. The molecule has 0 radical (unpaired) electrons. The number of thioether (sulfide) groups is 1. The summed E-state index contributed by atoms with van der Waals surface area (Å²) in [6.45, 7) is 2.71. The van der Waals surface area contributed by atoms with Gasteiger partial charge in [-0.15, -0.1) is 10.2 Å². The van der Waals surface area contributed by atoms with E-state index in [0.717, 1.165) is 18.2 Å². The molecule has 2 aromatic rings. The van der Waals surface area contributed by atoms with Crippen molar-refractivity contribution in [2.75, 3.05) is 11.9 Å². The molecule has 1 fully saturated rings. The number of rotatable bonds is 6. The van der Waals surface area contributed by atoms with E-state index in [1.165, 1.54) is 0 Å². The predicted molar refractivity (Wildman–Crippen MR) is 99.4 cm³/mol. The largest absolute Gasteiger partial charge is 0.414 e. The lowest BCUT2D eigenvalue weighted by Gasteiger charge is -2.12. The Hall–Kier alpha value is -1.77. The first-order chi connectivity index (χ1) is 12.4. The normalized spacial score (nSPS) is 15.3. The fourth-order valence-electron chi connectivity index (χ4n) is 2.42. The Labute approximate surface area is 164 Å². The number of halogens is 2. The molecule has 1 aliphatic rings. The molecule has 0 aliphatic carbocycles. The van der Waals surface area contributed by atoms with E-state index in [9.17, 15) is 9.59 Å². The van der Waals surface area contributed by atoms with E-state index >= 15 is 0 Å². The molecule has 138 valence electrons. The second-order valence-corrected chi connectivity index (χ2v) is 7.89. The molecule has 3 rings (SSSR count). The molecule has 10 heteroatoms. The van der Waals surface area contributed by atoms with Gasteiger partial charge in [0.2, 0.25) is 17.7 Å². The first kappa shape index (κ1) is 19.0. The molecule has 0 spiro atoms. The zero-order chi connectivity index (χ0) is 18.7. The number of nitrogens with one attached hydrogen (secondary N) is 1. The summed E-state index contributed by atoms with van der Waals surface area (Å²) in [4.78, 5) is 25.6. The summed E-state index contributed by atoms with van der Waals surface area (Å²) in [5, 5.41) is 11.2. The number of hydrogen-bond donors (Lipinski definition) is 1. The van der Waals surface area contributed by atoms with Gasteiger partial charge >= 0.3 is 0 Å². The lowest BCUT2D eigenvalue weighted by Crippen LogP contribution is -2.23. The average Bonchev–Trinajstić information content (AvgIpc) is 3.20. The van der Waals surface area contributed by atoms with Crippen molar-refractivity contribution < 1.29 is 14.0 Å². The summed E-state index contributed by atoms with van der Waals surface area (Å²) in [6, 6.07) is 4.83. The molecular formula is C16H16Cl2N4O3S. The maximum Gasteiger partial charge on any atom is 0.277 e. The molecule has 7 nitrogen and oxygen atoms in total. The van der Waals surface area contributed by atoms with Gasteiger partial charge in [0, 0.05) is 18.0 Å². The molecule has 1 unspecified atom stereocenters. The molecular weight excluding hydrogens is 399 g/mol. The number of likely N-dealkylation sites (tertiary alicyclic amines) is 1. The zero-order valence-electron chi connectivity index (χ0n) is 13.9. The Morgan fingerprint density at radius 1 is 1.42 bits per heavy atom. The summed E-state index contributed by atoms with van der Waals surface area (Å²) >= 11 is 13.1. The Bertz CT molecular complexity index is 830. The highest BCUT2D eigenvalue weighted by atomic mass is 35.5. The molecule has 1 aromatic heterocycles. The van der Waals surface area contributed by atoms with Crippen LogP contribution in [0.5, 0.6) is 0 Å². The zero-order valence-corrected chi connectivity index (χ0v) is 16.2. The second-order valence-electron chi connectivity index (χ2n) is 5.75. The van der Waals surface area contributed by atoms with E-state index in [0.29, 0.717) is 41.1 Å². The highest BCUT2D eigenvalue weighted by Gasteiger charge is 2.24. The van der Waals surface area contributed by atoms with Crippen LogP contribution in [-0.4, -0.2) is 38.7 Å². The minimum atomic E-state index is -0.494. The highest BCUT2D eigenvalue weighted by Crippen LogP contribution is 2.28. The Morgan fingerprint density at radius 3 is 2.96 bits per heavy atom. The van der Waals surface area contributed by atoms with Crippen LogP contribution in [0, 0.1) is 0 Å². The minimum absolute atomic E-state index is 0.0866. The van der Waals surface area contributed by atoms with Gasteiger partial charge < -0.3 is 14.6 Å². The number of aromatic nitrogens is 2. The van der Waals surface area contributed by atoms with Gasteiger partial charge in [-0.3, -0.25) is 9.59 Å². The van der Waals surface area contributed by atoms with Crippen molar-refractivity contribution in [3.63, 3.8) is 0 Å². The number of benzene rings is 1. The third-order valence-corrected chi connectivity index (χ3v) is 5.28. The lowest BCUT2D eigenvalue weighted by molar-refractivity contribution is -0.128.